The molecule has 9 heteroatoms. The van der Waals surface area contributed by atoms with E-state index in [2.05, 4.69) is 22.3 Å². The lowest BCUT2D eigenvalue weighted by Gasteiger charge is -2.33. The first-order chi connectivity index (χ1) is 14.7. The Bertz CT molecular complexity index is 1020. The normalized spacial score (nSPS) is 15.5. The van der Waals surface area contributed by atoms with Gasteiger partial charge in [-0.05, 0) is 50.8 Å². The minimum atomic E-state index is -3.69. The SMILES string of the molecule is CCN(CC)S(=O)(=O)c1ccc(N2CCC(C)CC2)c(C(=O)Nc2c(C)noc2C)c1. The van der Waals surface area contributed by atoms with E-state index >= 15 is 0 Å². The summed E-state index contributed by atoms with van der Waals surface area (Å²) in [4.78, 5) is 15.6. The van der Waals surface area contributed by atoms with Crippen molar-refractivity contribution in [1.82, 2.24) is 9.46 Å². The van der Waals surface area contributed by atoms with Crippen LogP contribution in [-0.2, 0) is 10.0 Å². The number of sulfonamides is 1. The van der Waals surface area contributed by atoms with Crippen LogP contribution in [0.5, 0.6) is 0 Å². The van der Waals surface area contributed by atoms with Gasteiger partial charge in [0.05, 0.1) is 10.5 Å². The van der Waals surface area contributed by atoms with Crippen molar-refractivity contribution in [1.29, 1.82) is 0 Å². The molecule has 1 amide bonds. The third-order valence-electron chi connectivity index (χ3n) is 5.95. The van der Waals surface area contributed by atoms with Crippen LogP contribution in [0.25, 0.3) is 0 Å². The largest absolute Gasteiger partial charge is 0.371 e. The molecule has 0 bridgehead atoms. The summed E-state index contributed by atoms with van der Waals surface area (Å²) in [5.41, 5.74) is 2.17. The number of hydrogen-bond acceptors (Lipinski definition) is 6. The highest BCUT2D eigenvalue weighted by molar-refractivity contribution is 7.89. The van der Waals surface area contributed by atoms with Gasteiger partial charge < -0.3 is 14.7 Å². The fourth-order valence-electron chi connectivity index (χ4n) is 3.94. The van der Waals surface area contributed by atoms with Gasteiger partial charge in [-0.25, -0.2) is 8.42 Å². The number of hydrogen-bond donors (Lipinski definition) is 1. The van der Waals surface area contributed by atoms with E-state index in [-0.39, 0.29) is 10.8 Å². The smallest absolute Gasteiger partial charge is 0.257 e. The summed E-state index contributed by atoms with van der Waals surface area (Å²) in [5, 5.41) is 6.75. The summed E-state index contributed by atoms with van der Waals surface area (Å²) in [6.45, 7) is 11.7. The van der Waals surface area contributed by atoms with Crippen LogP contribution in [-0.4, -0.2) is 50.0 Å². The molecule has 1 aliphatic heterocycles. The summed E-state index contributed by atoms with van der Waals surface area (Å²) in [6.07, 6.45) is 2.06. The van der Waals surface area contributed by atoms with Gasteiger partial charge in [-0.1, -0.05) is 25.9 Å². The van der Waals surface area contributed by atoms with Gasteiger partial charge in [-0.15, -0.1) is 0 Å². The van der Waals surface area contributed by atoms with E-state index in [0.717, 1.165) is 31.6 Å². The summed E-state index contributed by atoms with van der Waals surface area (Å²) in [6, 6.07) is 4.86. The van der Waals surface area contributed by atoms with Crippen molar-refractivity contribution in [2.75, 3.05) is 36.4 Å². The lowest BCUT2D eigenvalue weighted by molar-refractivity contribution is 0.102. The van der Waals surface area contributed by atoms with Crippen LogP contribution >= 0.6 is 0 Å². The lowest BCUT2D eigenvalue weighted by atomic mass is 9.98. The molecule has 0 radical (unpaired) electrons. The van der Waals surface area contributed by atoms with Crippen molar-refractivity contribution in [2.45, 2.75) is 52.4 Å². The molecule has 0 aliphatic carbocycles. The number of rotatable bonds is 7. The highest BCUT2D eigenvalue weighted by Crippen LogP contribution is 2.31. The molecule has 2 aromatic rings. The maximum absolute atomic E-state index is 13.3. The number of anilines is 2. The van der Waals surface area contributed by atoms with E-state index in [0.29, 0.717) is 41.7 Å². The minimum absolute atomic E-state index is 0.120. The Hall–Kier alpha value is -2.39. The molecule has 0 atom stereocenters. The fourth-order valence-corrected chi connectivity index (χ4v) is 5.42. The standard InChI is InChI=1S/C22H32N4O4S/c1-6-26(7-2)31(28,29)18-8-9-20(25-12-10-15(3)11-13-25)19(14-18)22(27)23-21-16(4)24-30-17(21)5/h8-9,14-15H,6-7,10-13H2,1-5H3,(H,23,27). The molecule has 1 N–H and O–H groups in total. The summed E-state index contributed by atoms with van der Waals surface area (Å²) >= 11 is 0. The summed E-state index contributed by atoms with van der Waals surface area (Å²) in [5.74, 6) is 0.767. The third-order valence-corrected chi connectivity index (χ3v) is 8.00. The van der Waals surface area contributed by atoms with Crippen LogP contribution < -0.4 is 10.2 Å². The predicted octanol–water partition coefficient (Wildman–Crippen LogP) is 3.81. The molecule has 1 aliphatic rings. The third kappa shape index (κ3) is 4.77. The topological polar surface area (TPSA) is 95.8 Å². The quantitative estimate of drug-likeness (QED) is 0.692. The first kappa shape index (κ1) is 23.3. The Kier molecular flexibility index (Phi) is 7.06. The van der Waals surface area contributed by atoms with Gasteiger partial charge in [0.2, 0.25) is 10.0 Å². The minimum Gasteiger partial charge on any atom is -0.371 e. The molecule has 1 aromatic carbocycles. The van der Waals surface area contributed by atoms with Crippen molar-refractivity contribution < 1.29 is 17.7 Å². The number of piperidine rings is 1. The highest BCUT2D eigenvalue weighted by atomic mass is 32.2. The number of nitrogens with one attached hydrogen (secondary N) is 1. The zero-order valence-corrected chi connectivity index (χ0v) is 19.8. The number of carbonyl (C=O) groups excluding carboxylic acids is 1. The average Bonchev–Trinajstić information content (AvgIpc) is 3.06. The molecule has 1 aromatic heterocycles. The van der Waals surface area contributed by atoms with Crippen molar-refractivity contribution in [3.05, 3.63) is 35.2 Å². The Morgan fingerprint density at radius 1 is 1.23 bits per heavy atom. The first-order valence-electron chi connectivity index (χ1n) is 10.8. The van der Waals surface area contributed by atoms with Gasteiger partial charge in [0.25, 0.3) is 5.91 Å². The van der Waals surface area contributed by atoms with E-state index in [1.54, 1.807) is 39.8 Å². The number of aryl methyl sites for hydroxylation is 2. The predicted molar refractivity (Wildman–Crippen MR) is 121 cm³/mol. The van der Waals surface area contributed by atoms with Crippen LogP contribution in [0.4, 0.5) is 11.4 Å². The second-order valence-electron chi connectivity index (χ2n) is 8.09. The van der Waals surface area contributed by atoms with Crippen molar-refractivity contribution in [3.63, 3.8) is 0 Å². The maximum atomic E-state index is 13.3. The molecule has 2 heterocycles. The van der Waals surface area contributed by atoms with Crippen LogP contribution in [0.3, 0.4) is 0 Å². The zero-order valence-electron chi connectivity index (χ0n) is 18.9. The summed E-state index contributed by atoms with van der Waals surface area (Å²) in [7, 11) is -3.69. The van der Waals surface area contributed by atoms with Crippen LogP contribution in [0, 0.1) is 19.8 Å². The van der Waals surface area contributed by atoms with Gasteiger partial charge in [0.1, 0.15) is 11.4 Å². The van der Waals surface area contributed by atoms with Gasteiger partial charge >= 0.3 is 0 Å². The van der Waals surface area contributed by atoms with Gasteiger partial charge in [0.15, 0.2) is 5.76 Å². The van der Waals surface area contributed by atoms with Crippen LogP contribution in [0.15, 0.2) is 27.6 Å². The Morgan fingerprint density at radius 2 is 1.87 bits per heavy atom. The molecule has 0 unspecified atom stereocenters. The van der Waals surface area contributed by atoms with Crippen LogP contribution in [0.1, 0.15) is 55.4 Å². The van der Waals surface area contributed by atoms with E-state index in [9.17, 15) is 13.2 Å². The molecule has 31 heavy (non-hydrogen) atoms. The van der Waals surface area contributed by atoms with Crippen molar-refractivity contribution in [3.8, 4) is 0 Å². The van der Waals surface area contributed by atoms with Gasteiger partial charge in [0, 0.05) is 31.9 Å². The number of nitrogens with zero attached hydrogens (tertiary/aromatic N) is 3. The Balaban J connectivity index is 2.04. The fraction of sp³-hybridized carbons (Fsp3) is 0.545. The monoisotopic (exact) mass is 448 g/mol. The first-order valence-corrected chi connectivity index (χ1v) is 12.3. The average molecular weight is 449 g/mol. The molecular formula is C22H32N4O4S. The molecule has 0 spiro atoms. The molecule has 170 valence electrons. The zero-order chi connectivity index (χ0) is 22.8. The molecule has 0 saturated carbocycles. The maximum Gasteiger partial charge on any atom is 0.257 e. The molecular weight excluding hydrogens is 416 g/mol. The number of amides is 1. The Morgan fingerprint density at radius 3 is 2.42 bits per heavy atom. The molecule has 1 saturated heterocycles. The van der Waals surface area contributed by atoms with Gasteiger partial charge in [-0.2, -0.15) is 4.31 Å². The second-order valence-corrected chi connectivity index (χ2v) is 10.0. The van der Waals surface area contributed by atoms with E-state index < -0.39 is 10.0 Å². The Labute approximate surface area is 184 Å². The number of aromatic nitrogens is 1. The second kappa shape index (κ2) is 9.40. The highest BCUT2D eigenvalue weighted by Gasteiger charge is 2.27. The molecule has 3 rings (SSSR count). The van der Waals surface area contributed by atoms with Crippen molar-refractivity contribution >= 4 is 27.3 Å². The van der Waals surface area contributed by atoms with Crippen LogP contribution in [0.2, 0.25) is 0 Å². The van der Waals surface area contributed by atoms with Gasteiger partial charge in [-0.3, -0.25) is 4.79 Å². The van der Waals surface area contributed by atoms with E-state index in [1.165, 1.54) is 10.4 Å². The number of carbonyl (C=O) groups is 1. The van der Waals surface area contributed by atoms with E-state index in [1.807, 2.05) is 0 Å². The lowest BCUT2D eigenvalue weighted by Crippen LogP contribution is -2.35. The summed E-state index contributed by atoms with van der Waals surface area (Å²) < 4.78 is 32.7. The molecule has 8 nitrogen and oxygen atoms in total. The number of benzene rings is 1. The molecule has 1 fully saturated rings. The van der Waals surface area contributed by atoms with E-state index in [4.69, 9.17) is 4.52 Å². The van der Waals surface area contributed by atoms with Crippen molar-refractivity contribution in [2.24, 2.45) is 5.92 Å².